The molecule has 7 heteroatoms. The van der Waals surface area contributed by atoms with Crippen molar-refractivity contribution >= 4 is 33.2 Å². The van der Waals surface area contributed by atoms with Gasteiger partial charge in [0.1, 0.15) is 0 Å². The second-order valence-corrected chi connectivity index (χ2v) is 8.83. The molecule has 0 radical (unpaired) electrons. The van der Waals surface area contributed by atoms with Gasteiger partial charge in [-0.3, -0.25) is 4.79 Å². The minimum absolute atomic E-state index is 0.0519. The van der Waals surface area contributed by atoms with Crippen molar-refractivity contribution in [3.05, 3.63) is 58.6 Å². The summed E-state index contributed by atoms with van der Waals surface area (Å²) >= 11 is 5.92. The quantitative estimate of drug-likeness (QED) is 0.889. The van der Waals surface area contributed by atoms with Gasteiger partial charge in [0.15, 0.2) is 0 Å². The second kappa shape index (κ2) is 6.12. The molecule has 1 heterocycles. The highest BCUT2D eigenvalue weighted by molar-refractivity contribution is 7.89. The molecule has 5 nitrogen and oxygen atoms in total. The molecule has 1 amide bonds. The van der Waals surface area contributed by atoms with Crippen molar-refractivity contribution in [2.75, 3.05) is 11.9 Å². The van der Waals surface area contributed by atoms with E-state index in [0.717, 1.165) is 11.3 Å². The number of carbonyl (C=O) groups is 1. The van der Waals surface area contributed by atoms with Gasteiger partial charge in [0.25, 0.3) is 0 Å². The first-order valence-corrected chi connectivity index (χ1v) is 9.66. The largest absolute Gasteiger partial charge is 0.314 e. The molecule has 0 fully saturated rings. The third kappa shape index (κ3) is 3.17. The molecule has 2 aromatic carbocycles. The summed E-state index contributed by atoms with van der Waals surface area (Å²) in [4.78, 5) is 14.0. The van der Waals surface area contributed by atoms with E-state index in [2.05, 4.69) is 4.72 Å². The molecule has 132 valence electrons. The van der Waals surface area contributed by atoms with E-state index in [4.69, 9.17) is 11.6 Å². The Balaban J connectivity index is 1.89. The van der Waals surface area contributed by atoms with Crippen LogP contribution in [0.1, 0.15) is 25.0 Å². The molecule has 0 saturated carbocycles. The first kappa shape index (κ1) is 17.9. The van der Waals surface area contributed by atoms with Crippen molar-refractivity contribution in [2.45, 2.75) is 30.7 Å². The number of nitrogens with one attached hydrogen (secondary N) is 1. The summed E-state index contributed by atoms with van der Waals surface area (Å²) < 4.78 is 27.8. The molecule has 25 heavy (non-hydrogen) atoms. The van der Waals surface area contributed by atoms with Crippen LogP contribution in [0.15, 0.2) is 47.4 Å². The number of rotatable bonds is 4. The smallest absolute Gasteiger partial charge is 0.240 e. The third-order valence-corrected chi connectivity index (χ3v) is 6.14. The Kier molecular flexibility index (Phi) is 4.39. The van der Waals surface area contributed by atoms with Crippen LogP contribution in [0.2, 0.25) is 5.02 Å². The Morgan fingerprint density at radius 2 is 1.88 bits per heavy atom. The summed E-state index contributed by atoms with van der Waals surface area (Å²) in [6.45, 7) is 3.74. The van der Waals surface area contributed by atoms with Gasteiger partial charge in [0.2, 0.25) is 15.9 Å². The van der Waals surface area contributed by atoms with Crippen molar-refractivity contribution in [1.29, 1.82) is 0 Å². The fraction of sp³-hybridized carbons (Fsp3) is 0.278. The summed E-state index contributed by atoms with van der Waals surface area (Å²) in [5.41, 5.74) is 1.48. The van der Waals surface area contributed by atoms with Gasteiger partial charge >= 0.3 is 0 Å². The summed E-state index contributed by atoms with van der Waals surface area (Å²) in [6, 6.07) is 11.8. The fourth-order valence-corrected chi connectivity index (χ4v) is 4.28. The van der Waals surface area contributed by atoms with Crippen molar-refractivity contribution in [3.8, 4) is 0 Å². The molecule has 1 N–H and O–H groups in total. The molecular formula is C18H19ClN2O3S. The van der Waals surface area contributed by atoms with Crippen LogP contribution in [0.3, 0.4) is 0 Å². The van der Waals surface area contributed by atoms with Crippen LogP contribution in [-0.2, 0) is 26.8 Å². The standard InChI is InChI=1S/C18H19ClN2O3S/c1-18(2)15-10-14(7-8-16(15)21(3)17(18)22)25(23,24)20-11-12-5-4-6-13(19)9-12/h4-10,20H,11H2,1-3H3. The lowest BCUT2D eigenvalue weighted by molar-refractivity contribution is -0.121. The molecular weight excluding hydrogens is 360 g/mol. The molecule has 1 aliphatic heterocycles. The number of carbonyl (C=O) groups excluding carboxylic acids is 1. The number of hydrogen-bond donors (Lipinski definition) is 1. The Morgan fingerprint density at radius 3 is 2.56 bits per heavy atom. The number of anilines is 1. The molecule has 2 aromatic rings. The van der Waals surface area contributed by atoms with Crippen LogP contribution in [0.5, 0.6) is 0 Å². The number of likely N-dealkylation sites (N-methyl/N-ethyl adjacent to an activating group) is 1. The van der Waals surface area contributed by atoms with Crippen LogP contribution < -0.4 is 9.62 Å². The highest BCUT2D eigenvalue weighted by Crippen LogP contribution is 2.41. The number of fused-ring (bicyclic) bond motifs is 1. The van der Waals surface area contributed by atoms with Crippen LogP contribution in [0.25, 0.3) is 0 Å². The van der Waals surface area contributed by atoms with E-state index < -0.39 is 15.4 Å². The first-order chi connectivity index (χ1) is 11.6. The second-order valence-electron chi connectivity index (χ2n) is 6.62. The van der Waals surface area contributed by atoms with Gasteiger partial charge in [-0.1, -0.05) is 23.7 Å². The van der Waals surface area contributed by atoms with E-state index >= 15 is 0 Å². The number of hydrogen-bond acceptors (Lipinski definition) is 3. The Morgan fingerprint density at radius 1 is 1.16 bits per heavy atom. The van der Waals surface area contributed by atoms with Crippen molar-refractivity contribution in [2.24, 2.45) is 0 Å². The minimum atomic E-state index is -3.70. The zero-order chi connectivity index (χ0) is 18.4. The van der Waals surface area contributed by atoms with Crippen LogP contribution >= 0.6 is 11.6 Å². The van der Waals surface area contributed by atoms with E-state index in [1.807, 2.05) is 0 Å². The number of benzene rings is 2. The fourth-order valence-electron chi connectivity index (χ4n) is 3.03. The van der Waals surface area contributed by atoms with E-state index in [0.29, 0.717) is 10.6 Å². The normalized spacial score (nSPS) is 16.2. The Bertz CT molecular complexity index is 955. The highest BCUT2D eigenvalue weighted by atomic mass is 35.5. The predicted octanol–water partition coefficient (Wildman–Crippen LogP) is 3.07. The zero-order valence-electron chi connectivity index (χ0n) is 14.2. The average Bonchev–Trinajstić information content (AvgIpc) is 2.74. The van der Waals surface area contributed by atoms with Crippen LogP contribution in [0, 0.1) is 0 Å². The van der Waals surface area contributed by atoms with E-state index in [-0.39, 0.29) is 17.3 Å². The maximum absolute atomic E-state index is 12.6. The number of nitrogens with zero attached hydrogens (tertiary/aromatic N) is 1. The van der Waals surface area contributed by atoms with Gasteiger partial charge in [0.05, 0.1) is 10.3 Å². The molecule has 0 spiro atoms. The molecule has 1 aliphatic rings. The lowest BCUT2D eigenvalue weighted by Crippen LogP contribution is -2.33. The van der Waals surface area contributed by atoms with Crippen molar-refractivity contribution in [1.82, 2.24) is 4.72 Å². The maximum Gasteiger partial charge on any atom is 0.240 e. The van der Waals surface area contributed by atoms with Gasteiger partial charge in [-0.15, -0.1) is 0 Å². The third-order valence-electron chi connectivity index (χ3n) is 4.51. The monoisotopic (exact) mass is 378 g/mol. The maximum atomic E-state index is 12.6. The molecule has 0 saturated heterocycles. The SMILES string of the molecule is CN1C(=O)C(C)(C)c2cc(S(=O)(=O)NCc3cccc(Cl)c3)ccc21. The topological polar surface area (TPSA) is 66.5 Å². The van der Waals surface area contributed by atoms with Gasteiger partial charge in [0, 0.05) is 24.3 Å². The van der Waals surface area contributed by atoms with E-state index in [9.17, 15) is 13.2 Å². The van der Waals surface area contributed by atoms with E-state index in [1.165, 1.54) is 6.07 Å². The number of amides is 1. The number of halogens is 1. The summed E-state index contributed by atoms with van der Waals surface area (Å²) in [7, 11) is -2.01. The summed E-state index contributed by atoms with van der Waals surface area (Å²) in [5, 5.41) is 0.553. The number of sulfonamides is 1. The van der Waals surface area contributed by atoms with Gasteiger partial charge in [-0.2, -0.15) is 0 Å². The molecule has 0 unspecified atom stereocenters. The highest BCUT2D eigenvalue weighted by Gasteiger charge is 2.42. The van der Waals surface area contributed by atoms with Crippen molar-refractivity contribution < 1.29 is 13.2 Å². The van der Waals surface area contributed by atoms with Crippen LogP contribution in [-0.4, -0.2) is 21.4 Å². The summed E-state index contributed by atoms with van der Waals surface area (Å²) in [5.74, 6) is -0.0519. The average molecular weight is 379 g/mol. The minimum Gasteiger partial charge on any atom is -0.314 e. The first-order valence-electron chi connectivity index (χ1n) is 7.80. The van der Waals surface area contributed by atoms with Gasteiger partial charge in [-0.05, 0) is 55.3 Å². The van der Waals surface area contributed by atoms with E-state index in [1.54, 1.807) is 62.2 Å². The predicted molar refractivity (Wildman–Crippen MR) is 98.4 cm³/mol. The van der Waals surface area contributed by atoms with Crippen LogP contribution in [0.4, 0.5) is 5.69 Å². The van der Waals surface area contributed by atoms with Gasteiger partial charge < -0.3 is 4.90 Å². The molecule has 3 rings (SSSR count). The summed E-state index contributed by atoms with van der Waals surface area (Å²) in [6.07, 6.45) is 0. The lowest BCUT2D eigenvalue weighted by atomic mass is 9.86. The molecule has 0 aliphatic carbocycles. The Hall–Kier alpha value is -1.89. The molecule has 0 aromatic heterocycles. The Labute approximate surface area is 152 Å². The zero-order valence-corrected chi connectivity index (χ0v) is 15.8. The van der Waals surface area contributed by atoms with Gasteiger partial charge in [-0.25, -0.2) is 13.1 Å². The lowest BCUT2D eigenvalue weighted by Gasteiger charge is -2.16. The molecule has 0 atom stereocenters. The van der Waals surface area contributed by atoms with Crippen molar-refractivity contribution in [3.63, 3.8) is 0 Å². The molecule has 0 bridgehead atoms.